The highest BCUT2D eigenvalue weighted by atomic mass is 35.5. The quantitative estimate of drug-likeness (QED) is 0.362. The largest absolute Gasteiger partial charge is 0.318 e. The maximum Gasteiger partial charge on any atom is 0.250 e. The number of thioether (sulfide) groups is 1. The van der Waals surface area contributed by atoms with Gasteiger partial charge in [-0.1, -0.05) is 29.8 Å². The molecule has 0 fully saturated rings. The summed E-state index contributed by atoms with van der Waals surface area (Å²) < 4.78 is 2.17. The number of hydrogen-bond donors (Lipinski definition) is 1. The zero-order valence-electron chi connectivity index (χ0n) is 15.1. The molecule has 2 aromatic carbocycles. The fraction of sp³-hybridized carbons (Fsp3) is 0.143. The molecule has 0 atom stereocenters. The molecule has 0 radical (unpaired) electrons. The molecular weight excluding hydrogens is 378 g/mol. The number of carbonyl (C=O) groups excluding carboxylic acids is 1. The molecule has 4 nitrogen and oxygen atoms in total. The molecule has 0 spiro atoms. The summed E-state index contributed by atoms with van der Waals surface area (Å²) in [6.45, 7) is 4.10. The van der Waals surface area contributed by atoms with Gasteiger partial charge in [-0.25, -0.2) is 5.43 Å². The number of aryl methyl sites for hydroxylation is 1. The highest BCUT2D eigenvalue weighted by Crippen LogP contribution is 2.20. The molecule has 27 heavy (non-hydrogen) atoms. The molecule has 0 aliphatic heterocycles. The standard InChI is InChI=1S/C21H20ClN3OS/c1-15-12-17(16(2)25(15)19-6-4-3-5-7-19)13-23-24-21(26)14-27-20-10-8-18(22)9-11-20/h3-13H,14H2,1-2H3,(H,24,26)/b23-13-. The highest BCUT2D eigenvalue weighted by Gasteiger charge is 2.09. The summed E-state index contributed by atoms with van der Waals surface area (Å²) in [5.74, 6) is 0.144. The molecule has 0 aliphatic carbocycles. The first-order valence-corrected chi connectivity index (χ1v) is 9.85. The molecule has 138 valence electrons. The predicted molar refractivity (Wildman–Crippen MR) is 113 cm³/mol. The smallest absolute Gasteiger partial charge is 0.250 e. The van der Waals surface area contributed by atoms with Crippen LogP contribution in [0.15, 0.2) is 70.7 Å². The van der Waals surface area contributed by atoms with E-state index in [9.17, 15) is 4.79 Å². The van der Waals surface area contributed by atoms with Crippen molar-refractivity contribution in [2.45, 2.75) is 18.7 Å². The maximum absolute atomic E-state index is 12.0. The Morgan fingerprint density at radius 3 is 2.56 bits per heavy atom. The number of nitrogens with one attached hydrogen (secondary N) is 1. The fourth-order valence-corrected chi connectivity index (χ4v) is 3.60. The summed E-state index contributed by atoms with van der Waals surface area (Å²) in [7, 11) is 0. The van der Waals surface area contributed by atoms with Crippen molar-refractivity contribution in [2.75, 3.05) is 5.75 Å². The first-order chi connectivity index (χ1) is 13.0. The molecule has 0 bridgehead atoms. The number of benzene rings is 2. The lowest BCUT2D eigenvalue weighted by Crippen LogP contribution is -2.19. The second-order valence-corrected chi connectivity index (χ2v) is 7.52. The van der Waals surface area contributed by atoms with Gasteiger partial charge in [0.05, 0.1) is 12.0 Å². The average molecular weight is 398 g/mol. The van der Waals surface area contributed by atoms with Gasteiger partial charge in [-0.2, -0.15) is 5.10 Å². The second-order valence-electron chi connectivity index (χ2n) is 6.03. The van der Waals surface area contributed by atoms with Crippen LogP contribution >= 0.6 is 23.4 Å². The van der Waals surface area contributed by atoms with Gasteiger partial charge in [-0.15, -0.1) is 11.8 Å². The minimum atomic E-state index is -0.150. The van der Waals surface area contributed by atoms with Crippen molar-refractivity contribution < 1.29 is 4.79 Å². The lowest BCUT2D eigenvalue weighted by atomic mass is 10.2. The number of halogens is 1. The van der Waals surface area contributed by atoms with E-state index in [4.69, 9.17) is 11.6 Å². The fourth-order valence-electron chi connectivity index (χ4n) is 2.78. The molecule has 1 heterocycles. The third kappa shape index (κ3) is 5.02. The van der Waals surface area contributed by atoms with Crippen LogP contribution in [0.25, 0.3) is 5.69 Å². The Morgan fingerprint density at radius 2 is 1.85 bits per heavy atom. The molecule has 0 saturated heterocycles. The highest BCUT2D eigenvalue weighted by molar-refractivity contribution is 8.00. The third-order valence-corrected chi connectivity index (χ3v) is 5.33. The van der Waals surface area contributed by atoms with Crippen molar-refractivity contribution in [3.63, 3.8) is 0 Å². The molecule has 0 unspecified atom stereocenters. The van der Waals surface area contributed by atoms with Crippen molar-refractivity contribution in [1.29, 1.82) is 0 Å². The monoisotopic (exact) mass is 397 g/mol. The number of nitrogens with zero attached hydrogens (tertiary/aromatic N) is 2. The SMILES string of the molecule is Cc1cc(/C=N\NC(=O)CSc2ccc(Cl)cc2)c(C)n1-c1ccccc1. The Labute approximate surface area is 168 Å². The summed E-state index contributed by atoms with van der Waals surface area (Å²) in [5.41, 5.74) is 6.86. The van der Waals surface area contributed by atoms with Crippen molar-refractivity contribution in [3.05, 3.63) is 82.6 Å². The predicted octanol–water partition coefficient (Wildman–Crippen LogP) is 4.99. The summed E-state index contributed by atoms with van der Waals surface area (Å²) in [6.07, 6.45) is 1.69. The van der Waals surface area contributed by atoms with E-state index in [1.807, 2.05) is 49.4 Å². The van der Waals surface area contributed by atoms with Crippen molar-refractivity contribution in [1.82, 2.24) is 9.99 Å². The van der Waals surface area contributed by atoms with E-state index in [-0.39, 0.29) is 5.91 Å². The van der Waals surface area contributed by atoms with Gasteiger partial charge in [-0.05, 0) is 56.3 Å². The minimum Gasteiger partial charge on any atom is -0.318 e. The van der Waals surface area contributed by atoms with E-state index in [2.05, 4.69) is 40.2 Å². The first kappa shape index (κ1) is 19.3. The van der Waals surface area contributed by atoms with E-state index in [1.165, 1.54) is 11.8 Å². The minimum absolute atomic E-state index is 0.150. The number of carbonyl (C=O) groups is 1. The van der Waals surface area contributed by atoms with E-state index in [0.29, 0.717) is 10.8 Å². The number of para-hydroxylation sites is 1. The van der Waals surface area contributed by atoms with Crippen LogP contribution in [0.5, 0.6) is 0 Å². The van der Waals surface area contributed by atoms with Crippen LogP contribution in [-0.4, -0.2) is 22.4 Å². The van der Waals surface area contributed by atoms with Crippen molar-refractivity contribution >= 4 is 35.5 Å². The van der Waals surface area contributed by atoms with Gasteiger partial charge in [0.15, 0.2) is 0 Å². The van der Waals surface area contributed by atoms with Gasteiger partial charge in [0.25, 0.3) is 0 Å². The molecular formula is C21H20ClN3OS. The molecule has 1 N–H and O–H groups in total. The molecule has 3 aromatic rings. The zero-order valence-corrected chi connectivity index (χ0v) is 16.7. The molecule has 1 aromatic heterocycles. The lowest BCUT2D eigenvalue weighted by Gasteiger charge is -2.08. The average Bonchev–Trinajstić information content (AvgIpc) is 2.95. The van der Waals surface area contributed by atoms with Gasteiger partial charge in [0.1, 0.15) is 0 Å². The van der Waals surface area contributed by atoms with Crippen LogP contribution in [0, 0.1) is 13.8 Å². The molecule has 3 rings (SSSR count). The molecule has 6 heteroatoms. The van der Waals surface area contributed by atoms with Gasteiger partial charge in [0, 0.05) is 32.6 Å². The van der Waals surface area contributed by atoms with E-state index < -0.39 is 0 Å². The van der Waals surface area contributed by atoms with E-state index >= 15 is 0 Å². The summed E-state index contributed by atoms with van der Waals surface area (Å²) in [5, 5.41) is 4.79. The summed E-state index contributed by atoms with van der Waals surface area (Å²) in [6, 6.07) is 19.6. The third-order valence-electron chi connectivity index (χ3n) is 4.06. The summed E-state index contributed by atoms with van der Waals surface area (Å²) >= 11 is 7.30. The van der Waals surface area contributed by atoms with Crippen LogP contribution in [0.3, 0.4) is 0 Å². The Bertz CT molecular complexity index is 950. The Balaban J connectivity index is 1.60. The van der Waals surface area contributed by atoms with Gasteiger partial charge < -0.3 is 4.57 Å². The topological polar surface area (TPSA) is 46.4 Å². The number of hydrogen-bond acceptors (Lipinski definition) is 3. The van der Waals surface area contributed by atoms with Crippen molar-refractivity contribution in [2.24, 2.45) is 5.10 Å². The summed E-state index contributed by atoms with van der Waals surface area (Å²) in [4.78, 5) is 13.0. The van der Waals surface area contributed by atoms with Crippen molar-refractivity contribution in [3.8, 4) is 5.69 Å². The zero-order chi connectivity index (χ0) is 19.2. The van der Waals surface area contributed by atoms with E-state index in [1.54, 1.807) is 6.21 Å². The Morgan fingerprint density at radius 1 is 1.15 bits per heavy atom. The molecule has 0 saturated carbocycles. The Hall–Kier alpha value is -2.50. The normalized spacial score (nSPS) is 11.1. The number of hydrazone groups is 1. The van der Waals surface area contributed by atoms with E-state index in [0.717, 1.165) is 27.5 Å². The first-order valence-electron chi connectivity index (χ1n) is 8.49. The lowest BCUT2D eigenvalue weighted by molar-refractivity contribution is -0.118. The van der Waals surface area contributed by atoms with Gasteiger partial charge in [-0.3, -0.25) is 4.79 Å². The number of rotatable bonds is 6. The van der Waals surface area contributed by atoms with Crippen LogP contribution in [0.2, 0.25) is 5.02 Å². The van der Waals surface area contributed by atoms with Gasteiger partial charge >= 0.3 is 0 Å². The molecule has 0 aliphatic rings. The second kappa shape index (κ2) is 8.93. The number of amides is 1. The van der Waals surface area contributed by atoms with Gasteiger partial charge in [0.2, 0.25) is 5.91 Å². The van der Waals surface area contributed by atoms with Crippen LogP contribution in [-0.2, 0) is 4.79 Å². The number of aromatic nitrogens is 1. The molecule has 1 amide bonds. The Kier molecular flexibility index (Phi) is 6.37. The maximum atomic E-state index is 12.0. The van der Waals surface area contributed by atoms with Crippen LogP contribution < -0.4 is 5.43 Å². The van der Waals surface area contributed by atoms with Crippen LogP contribution in [0.4, 0.5) is 0 Å². The van der Waals surface area contributed by atoms with Crippen LogP contribution in [0.1, 0.15) is 17.0 Å².